The molecule has 6 N–H and O–H groups in total. The summed E-state index contributed by atoms with van der Waals surface area (Å²) in [7, 11) is 0. The summed E-state index contributed by atoms with van der Waals surface area (Å²) in [5.41, 5.74) is 16.2. The number of ketones is 1. The summed E-state index contributed by atoms with van der Waals surface area (Å²) in [6.07, 6.45) is 6.02. The molecule has 0 spiro atoms. The van der Waals surface area contributed by atoms with E-state index in [-0.39, 0.29) is 95.2 Å². The van der Waals surface area contributed by atoms with E-state index in [4.69, 9.17) is 50.1 Å². The smallest absolute Gasteiger partial charge is 0.308 e. The summed E-state index contributed by atoms with van der Waals surface area (Å²) >= 11 is 0. The molecule has 5 aromatic heterocycles. The third-order valence-corrected chi connectivity index (χ3v) is 11.4. The molecule has 5 heterocycles. The van der Waals surface area contributed by atoms with Crippen molar-refractivity contribution in [2.75, 3.05) is 58.1 Å². The number of imidazole rings is 1. The first-order chi connectivity index (χ1) is 35.0. The number of nitrogens with zero attached hydrogens (tertiary/aromatic N) is 9. The second-order valence-corrected chi connectivity index (χ2v) is 18.1. The van der Waals surface area contributed by atoms with Crippen LogP contribution in [0.5, 0.6) is 11.5 Å². The van der Waals surface area contributed by atoms with E-state index in [1.54, 1.807) is 41.2 Å². The molecule has 388 valence electrons. The number of aryl methyl sites for hydroxylation is 4. The molecular weight excluding hydrogens is 941 g/mol. The van der Waals surface area contributed by atoms with Crippen LogP contribution in [0.15, 0.2) is 54.7 Å². The summed E-state index contributed by atoms with van der Waals surface area (Å²) in [4.78, 5) is 65.6. The minimum absolute atomic E-state index is 0.102. The maximum atomic E-state index is 13.6. The second-order valence-electron chi connectivity index (χ2n) is 18.1. The average Bonchev–Trinajstić information content (AvgIpc) is 4.11. The molecule has 0 fully saturated rings. The Morgan fingerprint density at radius 2 is 1.37 bits per heavy atom. The first kappa shape index (κ1) is 53.1. The van der Waals surface area contributed by atoms with E-state index in [1.807, 2.05) is 80.5 Å². The van der Waals surface area contributed by atoms with Crippen molar-refractivity contribution in [3.05, 3.63) is 83.0 Å². The summed E-state index contributed by atoms with van der Waals surface area (Å²) < 4.78 is 36.5. The number of anilines is 1. The molecular formula is C51H64N12O10. The quantitative estimate of drug-likeness (QED) is 0.0220. The average molecular weight is 1010 g/mol. The number of nitrogens with one attached hydrogen (secondary N) is 1. The fourth-order valence-corrected chi connectivity index (χ4v) is 8.23. The number of aromatic nitrogens is 9. The highest BCUT2D eigenvalue weighted by atomic mass is 16.6. The number of allylic oxidation sites excluding steroid dienone is 2. The van der Waals surface area contributed by atoms with E-state index in [2.05, 4.69) is 15.5 Å². The summed E-state index contributed by atoms with van der Waals surface area (Å²) in [6, 6.07) is 10.1. The molecule has 0 bridgehead atoms. The fourth-order valence-electron chi connectivity index (χ4n) is 8.23. The van der Waals surface area contributed by atoms with Gasteiger partial charge in [-0.2, -0.15) is 10.2 Å². The lowest BCUT2D eigenvalue weighted by Crippen LogP contribution is -2.24. The van der Waals surface area contributed by atoms with Gasteiger partial charge in [0.05, 0.1) is 68.4 Å². The van der Waals surface area contributed by atoms with Crippen molar-refractivity contribution in [2.24, 2.45) is 11.5 Å². The molecule has 0 saturated heterocycles. The van der Waals surface area contributed by atoms with E-state index in [0.717, 1.165) is 11.4 Å². The molecule has 73 heavy (non-hydrogen) atoms. The molecule has 22 heteroatoms. The molecule has 2 amide bonds. The number of rotatable bonds is 27. The predicted molar refractivity (Wildman–Crippen MR) is 273 cm³/mol. The Morgan fingerprint density at radius 3 is 2.05 bits per heavy atom. The Balaban J connectivity index is 1.22. The number of Topliss-reactive ketones (excluding diaryl/α,β-unsaturated/α-hetero) is 1. The second kappa shape index (κ2) is 23.7. The number of hydrogen-bond donors (Lipinski definition) is 4. The number of amides is 2. The highest BCUT2D eigenvalue weighted by Crippen LogP contribution is 2.37. The van der Waals surface area contributed by atoms with Gasteiger partial charge in [-0.05, 0) is 84.9 Å². The molecule has 2 aromatic carbocycles. The SMILES string of the molecule is CCn1nc(C)cc1C(=O)CNc1nc2cc(C(N)=O)cc(OCCCO)c2n1C/C=C/Cn1c2nc(-c3cc(C)nn3CC)ncc2c2cc(C(N)=O)cc(OCCOCCOCCC(=O)OC(C)(C)C)c21. The number of ether oxygens (including phenoxy) is 5. The molecule has 0 radical (unpaired) electrons. The van der Waals surface area contributed by atoms with E-state index < -0.39 is 17.4 Å². The van der Waals surface area contributed by atoms with Gasteiger partial charge in [0.25, 0.3) is 0 Å². The van der Waals surface area contributed by atoms with Crippen molar-refractivity contribution in [2.45, 2.75) is 93.1 Å². The van der Waals surface area contributed by atoms with Crippen molar-refractivity contribution in [1.29, 1.82) is 0 Å². The van der Waals surface area contributed by atoms with Crippen LogP contribution in [0.3, 0.4) is 0 Å². The van der Waals surface area contributed by atoms with Crippen LogP contribution in [-0.4, -0.2) is 131 Å². The van der Waals surface area contributed by atoms with Gasteiger partial charge in [0, 0.05) is 67.3 Å². The van der Waals surface area contributed by atoms with Gasteiger partial charge in [0.2, 0.25) is 17.8 Å². The van der Waals surface area contributed by atoms with Gasteiger partial charge in [-0.3, -0.25) is 28.5 Å². The Bertz CT molecular complexity index is 3160. The van der Waals surface area contributed by atoms with Gasteiger partial charge in [-0.25, -0.2) is 15.0 Å². The lowest BCUT2D eigenvalue weighted by molar-refractivity contribution is -0.156. The lowest BCUT2D eigenvalue weighted by Gasteiger charge is -2.19. The third-order valence-electron chi connectivity index (χ3n) is 11.4. The third kappa shape index (κ3) is 12.9. The Labute approximate surface area is 421 Å². The summed E-state index contributed by atoms with van der Waals surface area (Å²) in [6.45, 7) is 15.5. The minimum atomic E-state index is -0.680. The van der Waals surface area contributed by atoms with Crippen molar-refractivity contribution >= 4 is 62.5 Å². The lowest BCUT2D eigenvalue weighted by atomic mass is 10.1. The Morgan fingerprint density at radius 1 is 0.740 bits per heavy atom. The van der Waals surface area contributed by atoms with Crippen LogP contribution in [0, 0.1) is 13.8 Å². The predicted octanol–water partition coefficient (Wildman–Crippen LogP) is 5.30. The number of fused-ring (bicyclic) bond motifs is 4. The summed E-state index contributed by atoms with van der Waals surface area (Å²) in [5.74, 6) is -0.441. The minimum Gasteiger partial charge on any atom is -0.491 e. The van der Waals surface area contributed by atoms with E-state index >= 15 is 0 Å². The molecule has 22 nitrogen and oxygen atoms in total. The van der Waals surface area contributed by atoms with Crippen molar-refractivity contribution in [1.82, 2.24) is 43.6 Å². The Hall–Kier alpha value is -7.69. The van der Waals surface area contributed by atoms with Crippen LogP contribution < -0.4 is 26.3 Å². The molecule has 0 aliphatic rings. The van der Waals surface area contributed by atoms with Crippen LogP contribution in [0.25, 0.3) is 44.5 Å². The standard InChI is InChI=1S/C51H64N12O10/c1-8-62-38(23-31(3)58-62)40(65)30-55-50-56-37-26-34(47(53)68)28-42(71-17-12-16-64)45(37)61(50)15-11-10-14-60-44-35(36-29-54-48(57-49(36)60)39-24-32(4)59-63(39)9-2)25-33(46(52)67)27-41(44)72-22-21-70-20-19-69-18-13-43(66)73-51(5,6)7/h10-11,23-29,64H,8-9,12-22,30H2,1-7H3,(H2,52,67)(H2,53,68)(H,55,56)/b11-10+. The van der Waals surface area contributed by atoms with Gasteiger partial charge in [0.15, 0.2) is 11.6 Å². The monoisotopic (exact) mass is 1000 g/mol. The highest BCUT2D eigenvalue weighted by Gasteiger charge is 2.23. The van der Waals surface area contributed by atoms with E-state index in [9.17, 15) is 24.3 Å². The van der Waals surface area contributed by atoms with Crippen LogP contribution in [0.2, 0.25) is 0 Å². The highest BCUT2D eigenvalue weighted by molar-refractivity contribution is 6.12. The van der Waals surface area contributed by atoms with Gasteiger partial charge in [0.1, 0.15) is 46.3 Å². The molecule has 0 unspecified atom stereocenters. The first-order valence-electron chi connectivity index (χ1n) is 24.2. The van der Waals surface area contributed by atoms with Crippen molar-refractivity contribution < 1.29 is 48.0 Å². The van der Waals surface area contributed by atoms with Crippen LogP contribution in [0.1, 0.15) is 90.1 Å². The molecule has 7 rings (SSSR count). The number of hydrogen-bond acceptors (Lipinski definition) is 16. The number of nitrogens with two attached hydrogens (primary N) is 2. The van der Waals surface area contributed by atoms with Gasteiger partial charge in [-0.1, -0.05) is 12.2 Å². The van der Waals surface area contributed by atoms with Crippen LogP contribution >= 0.6 is 0 Å². The maximum Gasteiger partial charge on any atom is 0.308 e. The van der Waals surface area contributed by atoms with E-state index in [1.165, 1.54) is 0 Å². The molecule has 0 saturated carbocycles. The zero-order chi connectivity index (χ0) is 52.4. The summed E-state index contributed by atoms with van der Waals surface area (Å²) in [5, 5.41) is 23.1. The Kier molecular flexibility index (Phi) is 17.2. The number of primary amides is 2. The first-order valence-corrected chi connectivity index (χ1v) is 24.2. The number of aliphatic hydroxyl groups is 1. The topological polar surface area (TPSA) is 283 Å². The number of esters is 1. The zero-order valence-corrected chi connectivity index (χ0v) is 42.4. The normalized spacial score (nSPS) is 11.9. The number of carbonyl (C=O) groups excluding carboxylic acids is 4. The number of benzene rings is 2. The maximum absolute atomic E-state index is 13.6. The zero-order valence-electron chi connectivity index (χ0n) is 42.4. The molecule has 0 aliphatic heterocycles. The molecule has 0 aliphatic carbocycles. The van der Waals surface area contributed by atoms with Crippen molar-refractivity contribution in [3.63, 3.8) is 0 Å². The number of carbonyl (C=O) groups is 4. The van der Waals surface area contributed by atoms with Gasteiger partial charge < -0.3 is 54.7 Å². The van der Waals surface area contributed by atoms with Gasteiger partial charge >= 0.3 is 5.97 Å². The van der Waals surface area contributed by atoms with Gasteiger partial charge in [-0.15, -0.1) is 0 Å². The van der Waals surface area contributed by atoms with Crippen LogP contribution in [0.4, 0.5) is 5.95 Å². The number of aliphatic hydroxyl groups excluding tert-OH is 1. The van der Waals surface area contributed by atoms with E-state index in [0.29, 0.717) is 87.1 Å². The molecule has 7 aromatic rings. The molecule has 0 atom stereocenters. The largest absolute Gasteiger partial charge is 0.491 e. The van der Waals surface area contributed by atoms with Crippen LogP contribution in [-0.2, 0) is 45.2 Å². The fraction of sp³-hybridized carbons (Fsp3) is 0.431. The van der Waals surface area contributed by atoms with Crippen molar-refractivity contribution in [3.8, 4) is 23.0 Å².